The van der Waals surface area contributed by atoms with Gasteiger partial charge in [-0.05, 0) is 89.2 Å². The van der Waals surface area contributed by atoms with Gasteiger partial charge in [0, 0.05) is 25.7 Å². The number of carbonyl (C=O) groups is 2. The van der Waals surface area contributed by atoms with Crippen molar-refractivity contribution < 1.29 is 19.1 Å². The molecule has 4 nitrogen and oxygen atoms in total. The maximum atomic E-state index is 12.8. The molecule has 0 saturated carbocycles. The van der Waals surface area contributed by atoms with E-state index in [1.54, 1.807) is 0 Å². The van der Waals surface area contributed by atoms with E-state index >= 15 is 0 Å². The molecule has 0 aromatic heterocycles. The minimum absolute atomic E-state index is 0.0252. The molecule has 428 valence electrons. The summed E-state index contributed by atoms with van der Waals surface area (Å²) in [4.78, 5) is 25.6. The van der Waals surface area contributed by atoms with Crippen molar-refractivity contribution in [3.63, 3.8) is 0 Å². The summed E-state index contributed by atoms with van der Waals surface area (Å²) in [6.07, 6.45) is 68.6. The lowest BCUT2D eigenvalue weighted by Crippen LogP contribution is -2.31. The van der Waals surface area contributed by atoms with Crippen molar-refractivity contribution in [2.24, 2.45) is 10.8 Å². The van der Waals surface area contributed by atoms with Crippen LogP contribution in [-0.4, -0.2) is 24.1 Å². The maximum Gasteiger partial charge on any atom is 0.306 e. The molecule has 76 heavy (non-hydrogen) atoms. The van der Waals surface area contributed by atoms with E-state index < -0.39 is 0 Å². The highest BCUT2D eigenvalue weighted by molar-refractivity contribution is 5.70. The first-order valence-corrected chi connectivity index (χ1v) is 31.3. The Morgan fingerprint density at radius 1 is 0.408 bits per heavy atom. The standard InChI is InChI=1S/C72H116O4/c1-13-15-17-19-21-23-25-27-29-31-33-35-37-49-69(73)75-65-55-63(7)67(71(9,10)57-65)53-51-61(5)47-41-45-59(3)43-39-40-44-60(4)46-42-48-62(6)52-54-68-64(8)56-66(58-72(68,11)12)76-70(74)50-38-36-34-32-30-28-26-24-22-20-18-16-14-2/h39-48,51-54,65-66H,13-38,49-50,55-58H2,1-12H3/b40-39+,45-41-,46-42-,53-51-,54-52+,59-43+,60-44+,61-47-,62-48-/t65-,66+/m1/s1. The molecule has 0 unspecified atom stereocenters. The number of unbranched alkanes of at least 4 members (excludes halogenated alkanes) is 24. The van der Waals surface area contributed by atoms with Crippen LogP contribution in [0, 0.1) is 10.8 Å². The highest BCUT2D eigenvalue weighted by Crippen LogP contribution is 2.43. The molecule has 0 aromatic rings. The quantitative estimate of drug-likeness (QED) is 0.0349. The van der Waals surface area contributed by atoms with E-state index in [-0.39, 0.29) is 35.0 Å². The van der Waals surface area contributed by atoms with Gasteiger partial charge in [-0.2, -0.15) is 0 Å². The molecule has 0 heterocycles. The van der Waals surface area contributed by atoms with Crippen LogP contribution in [0.15, 0.2) is 130 Å². The Hall–Kier alpha value is -3.92. The van der Waals surface area contributed by atoms with Crippen molar-refractivity contribution in [1.29, 1.82) is 0 Å². The summed E-state index contributed by atoms with van der Waals surface area (Å²) in [6.45, 7) is 26.6. The van der Waals surface area contributed by atoms with Crippen molar-refractivity contribution >= 4 is 11.9 Å². The molecule has 0 aliphatic heterocycles. The van der Waals surface area contributed by atoms with Crippen LogP contribution in [0.5, 0.6) is 0 Å². The predicted octanol–water partition coefficient (Wildman–Crippen LogP) is 22.6. The summed E-state index contributed by atoms with van der Waals surface area (Å²) < 4.78 is 12.1. The lowest BCUT2D eigenvalue weighted by Gasteiger charge is -2.37. The van der Waals surface area contributed by atoms with Gasteiger partial charge in [0.25, 0.3) is 0 Å². The summed E-state index contributed by atoms with van der Waals surface area (Å²) in [5.74, 6) is -0.0504. The second-order valence-electron chi connectivity index (χ2n) is 24.6. The van der Waals surface area contributed by atoms with Gasteiger partial charge < -0.3 is 9.47 Å². The minimum Gasteiger partial charge on any atom is -0.462 e. The molecular formula is C72H116O4. The molecule has 0 radical (unpaired) electrons. The molecule has 2 aliphatic rings. The number of carbonyl (C=O) groups excluding carboxylic acids is 2. The maximum absolute atomic E-state index is 12.8. The summed E-state index contributed by atoms with van der Waals surface area (Å²) >= 11 is 0. The molecule has 0 aromatic carbocycles. The first-order valence-electron chi connectivity index (χ1n) is 31.3. The zero-order chi connectivity index (χ0) is 55.9. The van der Waals surface area contributed by atoms with Crippen LogP contribution >= 0.6 is 0 Å². The van der Waals surface area contributed by atoms with Gasteiger partial charge in [0.2, 0.25) is 0 Å². The first-order chi connectivity index (χ1) is 36.5. The fourth-order valence-corrected chi connectivity index (χ4v) is 11.3. The largest absolute Gasteiger partial charge is 0.462 e. The van der Waals surface area contributed by atoms with Crippen molar-refractivity contribution in [1.82, 2.24) is 0 Å². The molecule has 4 heteroatoms. The summed E-state index contributed by atoms with van der Waals surface area (Å²) in [6, 6.07) is 0. The molecule has 2 atom stereocenters. The summed E-state index contributed by atoms with van der Waals surface area (Å²) in [5.41, 5.74) is 9.98. The van der Waals surface area contributed by atoms with E-state index in [0.29, 0.717) is 12.8 Å². The van der Waals surface area contributed by atoms with Gasteiger partial charge in [0.1, 0.15) is 12.2 Å². The van der Waals surface area contributed by atoms with E-state index in [0.717, 1.165) is 51.4 Å². The molecule has 0 bridgehead atoms. The topological polar surface area (TPSA) is 52.6 Å². The summed E-state index contributed by atoms with van der Waals surface area (Å²) in [7, 11) is 0. The van der Waals surface area contributed by atoms with Crippen molar-refractivity contribution in [2.75, 3.05) is 0 Å². The number of allylic oxidation sites excluding steroid dienone is 20. The Morgan fingerprint density at radius 3 is 0.961 bits per heavy atom. The van der Waals surface area contributed by atoms with Gasteiger partial charge in [0.15, 0.2) is 0 Å². The monoisotopic (exact) mass is 1040 g/mol. The van der Waals surface area contributed by atoms with Gasteiger partial charge in [-0.3, -0.25) is 9.59 Å². The number of ether oxygens (including phenoxy) is 2. The summed E-state index contributed by atoms with van der Waals surface area (Å²) in [5, 5.41) is 0. The van der Waals surface area contributed by atoms with E-state index in [9.17, 15) is 9.59 Å². The van der Waals surface area contributed by atoms with Gasteiger partial charge in [0.05, 0.1) is 0 Å². The fourth-order valence-electron chi connectivity index (χ4n) is 11.3. The van der Waals surface area contributed by atoms with Gasteiger partial charge in [-0.15, -0.1) is 0 Å². The molecule has 0 saturated heterocycles. The van der Waals surface area contributed by atoms with Crippen LogP contribution in [0.25, 0.3) is 0 Å². The Morgan fingerprint density at radius 2 is 0.671 bits per heavy atom. The van der Waals surface area contributed by atoms with Crippen LogP contribution in [0.2, 0.25) is 0 Å². The Bertz CT molecular complexity index is 1850. The van der Waals surface area contributed by atoms with Crippen LogP contribution in [0.3, 0.4) is 0 Å². The average Bonchev–Trinajstić information content (AvgIpc) is 3.34. The predicted molar refractivity (Wildman–Crippen MR) is 333 cm³/mol. The Balaban J connectivity index is 1.73. The van der Waals surface area contributed by atoms with Crippen LogP contribution < -0.4 is 0 Å². The zero-order valence-corrected chi connectivity index (χ0v) is 51.5. The highest BCUT2D eigenvalue weighted by Gasteiger charge is 2.35. The molecule has 0 fully saturated rings. The molecule has 2 aliphatic carbocycles. The van der Waals surface area contributed by atoms with Crippen LogP contribution in [0.4, 0.5) is 0 Å². The van der Waals surface area contributed by atoms with Gasteiger partial charge in [-0.25, -0.2) is 0 Å². The third kappa shape index (κ3) is 32.7. The average molecular weight is 1050 g/mol. The molecular weight excluding hydrogens is 929 g/mol. The number of hydrogen-bond acceptors (Lipinski definition) is 4. The molecule has 0 N–H and O–H groups in total. The fraction of sp³-hybridized carbons (Fsp3) is 0.667. The number of esters is 2. The van der Waals surface area contributed by atoms with E-state index in [2.05, 4.69) is 168 Å². The Labute approximate surface area is 470 Å². The third-order valence-electron chi connectivity index (χ3n) is 15.8. The lowest BCUT2D eigenvalue weighted by molar-refractivity contribution is -0.151. The highest BCUT2D eigenvalue weighted by atomic mass is 16.5. The lowest BCUT2D eigenvalue weighted by atomic mass is 9.71. The number of hydrogen-bond donors (Lipinski definition) is 0. The van der Waals surface area contributed by atoms with Crippen molar-refractivity contribution in [3.05, 3.63) is 130 Å². The molecule has 0 amide bonds. The van der Waals surface area contributed by atoms with E-state index in [4.69, 9.17) is 9.47 Å². The Kier molecular flexibility index (Phi) is 36.9. The number of rotatable bonds is 40. The second-order valence-corrected chi connectivity index (χ2v) is 24.6. The molecule has 0 spiro atoms. The van der Waals surface area contributed by atoms with Crippen molar-refractivity contribution in [3.8, 4) is 0 Å². The van der Waals surface area contributed by atoms with E-state index in [1.165, 1.54) is 186 Å². The van der Waals surface area contributed by atoms with Crippen molar-refractivity contribution in [2.45, 2.75) is 301 Å². The minimum atomic E-state index is -0.0573. The van der Waals surface area contributed by atoms with Crippen LogP contribution in [0.1, 0.15) is 289 Å². The van der Waals surface area contributed by atoms with Crippen LogP contribution in [-0.2, 0) is 19.1 Å². The normalized spacial score (nSPS) is 19.0. The zero-order valence-electron chi connectivity index (χ0n) is 51.5. The van der Waals surface area contributed by atoms with E-state index in [1.807, 2.05) is 0 Å². The van der Waals surface area contributed by atoms with Gasteiger partial charge in [-0.1, -0.05) is 314 Å². The van der Waals surface area contributed by atoms with Gasteiger partial charge >= 0.3 is 11.9 Å². The SMILES string of the molecule is CCCCCCCCCCCCCCCC(=O)O[C@@H]1CC(C)=C(\C=C/C(C)=C\C=C/C(C)=C/C=C/C=C(C)/C=C\C=C(C)/C=C/C2=C(C)C[C@H](OC(=O)CCCCCCCCCCCCCCC)CC2(C)C)C(C)(C)C1. The first kappa shape index (κ1) is 68.2. The third-order valence-corrected chi connectivity index (χ3v) is 15.8. The molecule has 2 rings (SSSR count). The smallest absolute Gasteiger partial charge is 0.306 e. The second kappa shape index (κ2) is 41.2.